The molecule has 6 nitrogen and oxygen atoms in total. The van der Waals surface area contributed by atoms with Gasteiger partial charge in [0.25, 0.3) is 0 Å². The second-order valence-corrected chi connectivity index (χ2v) is 5.28. The third kappa shape index (κ3) is 7.17. The van der Waals surface area contributed by atoms with Gasteiger partial charge in [-0.05, 0) is 30.5 Å². The van der Waals surface area contributed by atoms with Crippen LogP contribution in [0.25, 0.3) is 0 Å². The van der Waals surface area contributed by atoms with Crippen molar-refractivity contribution < 1.29 is 19.1 Å². The van der Waals surface area contributed by atoms with Gasteiger partial charge in [-0.2, -0.15) is 0 Å². The largest absolute Gasteiger partial charge is 0.497 e. The minimum Gasteiger partial charge on any atom is -0.497 e. The molecule has 0 saturated heterocycles. The molecular formula is C18H26N2O4. The summed E-state index contributed by atoms with van der Waals surface area (Å²) in [5.41, 5.74) is 1.01. The zero-order chi connectivity index (χ0) is 17.8. The number of unbranched alkanes of at least 4 members (excludes halogenated alkanes) is 1. The van der Waals surface area contributed by atoms with Crippen LogP contribution in [0.4, 0.5) is 4.79 Å². The van der Waals surface area contributed by atoms with E-state index in [1.165, 1.54) is 7.11 Å². The number of amides is 2. The lowest BCUT2D eigenvalue weighted by molar-refractivity contribution is -0.140. The lowest BCUT2D eigenvalue weighted by Crippen LogP contribution is -2.40. The fraction of sp³-hybridized carbons (Fsp3) is 0.444. The van der Waals surface area contributed by atoms with Gasteiger partial charge in [0.2, 0.25) is 0 Å². The first kappa shape index (κ1) is 19.5. The number of benzene rings is 1. The van der Waals surface area contributed by atoms with Crippen molar-refractivity contribution in [1.82, 2.24) is 10.2 Å². The summed E-state index contributed by atoms with van der Waals surface area (Å²) in [6.07, 6.45) is 3.48. The summed E-state index contributed by atoms with van der Waals surface area (Å²) in [5, 5.41) is 2.86. The Labute approximate surface area is 143 Å². The standard InChI is InChI=1S/C18H26N2O4/c1-4-13-20(14-15-8-10-16(23-2)11-9-15)18(22)19-12-6-5-7-17(21)24-3/h4,8-11H,1,5-7,12-14H2,2-3H3,(H,19,22). The van der Waals surface area contributed by atoms with E-state index in [-0.39, 0.29) is 12.0 Å². The average Bonchev–Trinajstić information content (AvgIpc) is 2.61. The van der Waals surface area contributed by atoms with E-state index in [4.69, 9.17) is 4.74 Å². The number of nitrogens with one attached hydrogen (secondary N) is 1. The number of nitrogens with zero attached hydrogens (tertiary/aromatic N) is 1. The highest BCUT2D eigenvalue weighted by molar-refractivity contribution is 5.74. The van der Waals surface area contributed by atoms with E-state index in [0.717, 1.165) is 17.7 Å². The summed E-state index contributed by atoms with van der Waals surface area (Å²) in [6.45, 7) is 5.17. The summed E-state index contributed by atoms with van der Waals surface area (Å²) in [6, 6.07) is 7.44. The Balaban J connectivity index is 2.43. The van der Waals surface area contributed by atoms with E-state index in [9.17, 15) is 9.59 Å². The Hall–Kier alpha value is -2.50. The number of carbonyl (C=O) groups is 2. The average molecular weight is 334 g/mol. The van der Waals surface area contributed by atoms with Crippen LogP contribution < -0.4 is 10.1 Å². The minimum absolute atomic E-state index is 0.149. The SMILES string of the molecule is C=CCN(Cc1ccc(OC)cc1)C(=O)NCCCCC(=O)OC. The maximum Gasteiger partial charge on any atom is 0.317 e. The molecule has 6 heteroatoms. The van der Waals surface area contributed by atoms with Gasteiger partial charge >= 0.3 is 12.0 Å². The van der Waals surface area contributed by atoms with E-state index < -0.39 is 0 Å². The van der Waals surface area contributed by atoms with Crippen LogP contribution in [0.15, 0.2) is 36.9 Å². The number of methoxy groups -OCH3 is 2. The Bertz CT molecular complexity index is 528. The minimum atomic E-state index is -0.228. The number of rotatable bonds is 10. The van der Waals surface area contributed by atoms with E-state index in [1.54, 1.807) is 18.1 Å². The van der Waals surface area contributed by atoms with Gasteiger partial charge in [-0.1, -0.05) is 18.2 Å². The van der Waals surface area contributed by atoms with Gasteiger partial charge in [0.05, 0.1) is 14.2 Å². The number of hydrogen-bond acceptors (Lipinski definition) is 4. The van der Waals surface area contributed by atoms with Crippen LogP contribution in [0, 0.1) is 0 Å². The summed E-state index contributed by atoms with van der Waals surface area (Å²) >= 11 is 0. The number of esters is 1. The molecule has 1 aromatic rings. The van der Waals surface area contributed by atoms with Crippen molar-refractivity contribution in [3.8, 4) is 5.75 Å². The van der Waals surface area contributed by atoms with Crippen molar-refractivity contribution in [3.63, 3.8) is 0 Å². The van der Waals surface area contributed by atoms with Gasteiger partial charge in [0.15, 0.2) is 0 Å². The van der Waals surface area contributed by atoms with Crippen LogP contribution in [0.2, 0.25) is 0 Å². The van der Waals surface area contributed by atoms with Gasteiger partial charge in [0, 0.05) is 26.1 Å². The Morgan fingerprint density at radius 1 is 1.21 bits per heavy atom. The second-order valence-electron chi connectivity index (χ2n) is 5.28. The fourth-order valence-electron chi connectivity index (χ4n) is 2.13. The molecule has 2 amide bonds. The molecule has 0 spiro atoms. The zero-order valence-electron chi connectivity index (χ0n) is 14.4. The maximum atomic E-state index is 12.3. The molecule has 0 saturated carbocycles. The molecular weight excluding hydrogens is 308 g/mol. The van der Waals surface area contributed by atoms with Crippen molar-refractivity contribution >= 4 is 12.0 Å². The van der Waals surface area contributed by atoms with Crippen molar-refractivity contribution in [1.29, 1.82) is 0 Å². The summed E-state index contributed by atoms with van der Waals surface area (Å²) < 4.78 is 9.70. The van der Waals surface area contributed by atoms with Gasteiger partial charge < -0.3 is 19.7 Å². The number of ether oxygens (including phenoxy) is 2. The number of carbonyl (C=O) groups excluding carboxylic acids is 2. The van der Waals surface area contributed by atoms with Crippen LogP contribution in [0.5, 0.6) is 5.75 Å². The first-order valence-electron chi connectivity index (χ1n) is 7.94. The highest BCUT2D eigenvalue weighted by Crippen LogP contribution is 2.13. The third-order valence-corrected chi connectivity index (χ3v) is 3.48. The molecule has 0 unspecified atom stereocenters. The molecule has 0 atom stereocenters. The predicted molar refractivity (Wildman–Crippen MR) is 92.9 cm³/mol. The van der Waals surface area contributed by atoms with Gasteiger partial charge in [-0.25, -0.2) is 4.79 Å². The smallest absolute Gasteiger partial charge is 0.317 e. The zero-order valence-corrected chi connectivity index (χ0v) is 14.4. The lowest BCUT2D eigenvalue weighted by Gasteiger charge is -2.22. The maximum absolute atomic E-state index is 12.3. The first-order chi connectivity index (χ1) is 11.6. The molecule has 1 aromatic carbocycles. The Morgan fingerprint density at radius 2 is 1.92 bits per heavy atom. The molecule has 1 rings (SSSR count). The molecule has 24 heavy (non-hydrogen) atoms. The van der Waals surface area contributed by atoms with Crippen molar-refractivity contribution in [3.05, 3.63) is 42.5 Å². The summed E-state index contributed by atoms with van der Waals surface area (Å²) in [5.74, 6) is 0.554. The van der Waals surface area contributed by atoms with Gasteiger partial charge in [-0.15, -0.1) is 6.58 Å². The summed E-state index contributed by atoms with van der Waals surface area (Å²) in [4.78, 5) is 25.0. The molecule has 1 N–H and O–H groups in total. The van der Waals surface area contributed by atoms with Crippen LogP contribution in [0.3, 0.4) is 0 Å². The molecule has 0 heterocycles. The molecule has 0 bridgehead atoms. The Morgan fingerprint density at radius 3 is 2.50 bits per heavy atom. The quantitative estimate of drug-likeness (QED) is 0.406. The number of hydrogen-bond donors (Lipinski definition) is 1. The molecule has 0 aliphatic carbocycles. The van der Waals surface area contributed by atoms with Crippen molar-refractivity contribution in [2.75, 3.05) is 27.3 Å². The Kier molecular flexibility index (Phi) is 9.04. The first-order valence-corrected chi connectivity index (χ1v) is 7.94. The van der Waals surface area contributed by atoms with E-state index in [1.807, 2.05) is 24.3 Å². The molecule has 132 valence electrons. The normalized spacial score (nSPS) is 9.92. The molecule has 0 aliphatic heterocycles. The van der Waals surface area contributed by atoms with Gasteiger partial charge in [-0.3, -0.25) is 4.79 Å². The third-order valence-electron chi connectivity index (χ3n) is 3.48. The lowest BCUT2D eigenvalue weighted by atomic mass is 10.2. The molecule has 0 aliphatic rings. The van der Waals surface area contributed by atoms with Crippen LogP contribution in [-0.4, -0.2) is 44.2 Å². The van der Waals surface area contributed by atoms with Crippen molar-refractivity contribution in [2.45, 2.75) is 25.8 Å². The van der Waals surface area contributed by atoms with Crippen LogP contribution >= 0.6 is 0 Å². The van der Waals surface area contributed by atoms with E-state index >= 15 is 0 Å². The van der Waals surface area contributed by atoms with Gasteiger partial charge in [0.1, 0.15) is 5.75 Å². The van der Waals surface area contributed by atoms with Crippen molar-refractivity contribution in [2.24, 2.45) is 0 Å². The highest BCUT2D eigenvalue weighted by atomic mass is 16.5. The second kappa shape index (κ2) is 11.1. The van der Waals surface area contributed by atoms with E-state index in [2.05, 4.69) is 16.6 Å². The van der Waals surface area contributed by atoms with Crippen LogP contribution in [0.1, 0.15) is 24.8 Å². The molecule has 0 aromatic heterocycles. The molecule has 0 fully saturated rings. The molecule has 0 radical (unpaired) electrons. The fourth-order valence-corrected chi connectivity index (χ4v) is 2.13. The van der Waals surface area contributed by atoms with E-state index in [0.29, 0.717) is 32.5 Å². The summed E-state index contributed by atoms with van der Waals surface area (Å²) in [7, 11) is 2.99. The monoisotopic (exact) mass is 334 g/mol. The predicted octanol–water partition coefficient (Wildman–Crippen LogP) is 2.74. The number of urea groups is 1. The topological polar surface area (TPSA) is 67.9 Å². The van der Waals surface area contributed by atoms with Crippen LogP contribution in [-0.2, 0) is 16.1 Å². The highest BCUT2D eigenvalue weighted by Gasteiger charge is 2.12.